The normalized spacial score (nSPS) is 13.7. The molecule has 4 unspecified atom stereocenters. The number of Topliss-reactive ketones (excluding diaryl/α,β-unsaturated/α-hetero) is 4. The van der Waals surface area contributed by atoms with Gasteiger partial charge in [-0.3, -0.25) is 19.2 Å². The number of ketones is 4. The Morgan fingerprint density at radius 2 is 0.340 bits per heavy atom. The van der Waals surface area contributed by atoms with Gasteiger partial charge in [-0.15, -0.1) is 0 Å². The summed E-state index contributed by atoms with van der Waals surface area (Å²) in [6.45, 7) is 33.6. The first-order valence-electron chi connectivity index (χ1n) is 36.5. The summed E-state index contributed by atoms with van der Waals surface area (Å²) in [5.74, 6) is -8.99. The molecule has 0 aromatic carbocycles. The molecule has 0 aromatic rings. The van der Waals surface area contributed by atoms with Crippen LogP contribution in [0.25, 0.3) is 0 Å². The van der Waals surface area contributed by atoms with E-state index in [1.165, 1.54) is 0 Å². The Balaban J connectivity index is -0.000000386. The summed E-state index contributed by atoms with van der Waals surface area (Å²) in [4.78, 5) is 98.0. The fourth-order valence-electron chi connectivity index (χ4n) is 8.41. The number of carbonyl (C=O) groups excluding carboxylic acids is 8. The standard InChI is InChI=1S/4C18H34O6.Ti/c4*1-5-9-12-22-16(23-13-10-6-2)15(19)18(8-4,17(20)21)24-14-11-7-3;/h4*16H,5-14H2,1-4H3,(H,20,21);/q;;;;+4/p-4. The van der Waals surface area contributed by atoms with E-state index in [9.17, 15) is 58.8 Å². The third-order valence-corrected chi connectivity index (χ3v) is 15.3. The van der Waals surface area contributed by atoms with E-state index < -0.39 is 94.6 Å². The Bertz CT molecular complexity index is 1670. The number of unbranched alkanes of at least 4 members (excludes halogenated alkanes) is 12. The van der Waals surface area contributed by atoms with Gasteiger partial charge in [0.05, 0.1) is 76.7 Å². The first-order valence-corrected chi connectivity index (χ1v) is 36.5. The van der Waals surface area contributed by atoms with Crippen molar-refractivity contribution in [3.63, 3.8) is 0 Å². The van der Waals surface area contributed by atoms with Crippen LogP contribution in [0, 0.1) is 0 Å². The molecular formula is C72H132O24Ti. The minimum absolute atomic E-state index is 0. The van der Waals surface area contributed by atoms with Crippen molar-refractivity contribution >= 4 is 47.0 Å². The predicted molar refractivity (Wildman–Crippen MR) is 358 cm³/mol. The average molecular weight is 1430 g/mol. The number of ether oxygens (including phenoxy) is 12. The van der Waals surface area contributed by atoms with Crippen LogP contribution in [0.15, 0.2) is 0 Å². The second-order valence-corrected chi connectivity index (χ2v) is 23.3. The van der Waals surface area contributed by atoms with Crippen LogP contribution in [-0.4, -0.2) is 174 Å². The van der Waals surface area contributed by atoms with Crippen molar-refractivity contribution < 1.29 is 137 Å². The zero-order chi connectivity index (χ0) is 73.7. The molecular weight excluding hydrogens is 1300 g/mol. The van der Waals surface area contributed by atoms with Gasteiger partial charge in [0.1, 0.15) is 0 Å². The minimum Gasteiger partial charge on any atom is -0.546 e. The number of carbonyl (C=O) groups is 8. The van der Waals surface area contributed by atoms with Gasteiger partial charge in [-0.05, 0) is 103 Å². The maximum Gasteiger partial charge on any atom is 4.00 e. The fourth-order valence-corrected chi connectivity index (χ4v) is 8.41. The summed E-state index contributed by atoms with van der Waals surface area (Å²) in [6, 6.07) is 0. The fraction of sp³-hybridized carbons (Fsp3) is 0.889. The van der Waals surface area contributed by atoms with Crippen LogP contribution in [0.2, 0.25) is 0 Å². The quantitative estimate of drug-likeness (QED) is 0.0237. The zero-order valence-corrected chi connectivity index (χ0v) is 64.5. The summed E-state index contributed by atoms with van der Waals surface area (Å²) in [7, 11) is 0. The molecule has 0 fully saturated rings. The van der Waals surface area contributed by atoms with Gasteiger partial charge in [-0.1, -0.05) is 188 Å². The Morgan fingerprint density at radius 3 is 0.433 bits per heavy atom. The zero-order valence-electron chi connectivity index (χ0n) is 62.9. The third-order valence-electron chi connectivity index (χ3n) is 15.3. The van der Waals surface area contributed by atoms with Crippen molar-refractivity contribution in [1.29, 1.82) is 0 Å². The van der Waals surface area contributed by atoms with Crippen LogP contribution in [0.4, 0.5) is 0 Å². The van der Waals surface area contributed by atoms with Gasteiger partial charge in [0.15, 0.2) is 22.4 Å². The van der Waals surface area contributed by atoms with Crippen molar-refractivity contribution in [3.8, 4) is 0 Å². The largest absolute Gasteiger partial charge is 4.00 e. The monoisotopic (exact) mass is 1430 g/mol. The molecule has 25 heteroatoms. The van der Waals surface area contributed by atoms with Crippen LogP contribution >= 0.6 is 0 Å². The molecule has 97 heavy (non-hydrogen) atoms. The average Bonchev–Trinajstić information content (AvgIpc) is 0.840. The smallest absolute Gasteiger partial charge is 0.546 e. The molecule has 0 aliphatic rings. The summed E-state index contributed by atoms with van der Waals surface area (Å²) in [6.07, 6.45) is 14.4. The molecule has 4 atom stereocenters. The molecule has 0 radical (unpaired) electrons. The van der Waals surface area contributed by atoms with Crippen molar-refractivity contribution in [1.82, 2.24) is 0 Å². The van der Waals surface area contributed by atoms with E-state index in [4.69, 9.17) is 56.8 Å². The van der Waals surface area contributed by atoms with Gasteiger partial charge < -0.3 is 96.4 Å². The number of carboxylic acids is 4. The van der Waals surface area contributed by atoms with Crippen LogP contribution in [0.5, 0.6) is 0 Å². The molecule has 0 bridgehead atoms. The minimum atomic E-state index is -2.02. The number of carboxylic acid groups (broad SMARTS) is 4. The molecule has 0 N–H and O–H groups in total. The molecule has 0 spiro atoms. The predicted octanol–water partition coefficient (Wildman–Crippen LogP) is 8.92. The van der Waals surface area contributed by atoms with Crippen molar-refractivity contribution in [2.24, 2.45) is 0 Å². The molecule has 0 saturated heterocycles. The Kier molecular flexibility index (Phi) is 69.8. The van der Waals surface area contributed by atoms with Gasteiger partial charge in [0.25, 0.3) is 0 Å². The van der Waals surface area contributed by atoms with Gasteiger partial charge in [-0.2, -0.15) is 0 Å². The Labute approximate surface area is 599 Å². The number of hydrogen-bond acceptors (Lipinski definition) is 24. The van der Waals surface area contributed by atoms with Gasteiger partial charge >= 0.3 is 21.7 Å². The molecule has 568 valence electrons. The number of aliphatic carboxylic acids is 4. The molecule has 0 heterocycles. The van der Waals surface area contributed by atoms with Crippen LogP contribution in [0.1, 0.15) is 291 Å². The molecule has 0 saturated carbocycles. The van der Waals surface area contributed by atoms with Crippen LogP contribution in [-0.2, 0) is 117 Å². The third kappa shape index (κ3) is 40.9. The van der Waals surface area contributed by atoms with Crippen molar-refractivity contribution in [2.45, 2.75) is 338 Å². The maximum absolute atomic E-state index is 12.8. The van der Waals surface area contributed by atoms with E-state index >= 15 is 0 Å². The molecule has 0 rings (SSSR count). The van der Waals surface area contributed by atoms with E-state index in [0.717, 1.165) is 128 Å². The molecule has 0 aromatic heterocycles. The van der Waals surface area contributed by atoms with E-state index in [0.29, 0.717) is 78.5 Å². The molecule has 0 aliphatic heterocycles. The van der Waals surface area contributed by atoms with Crippen LogP contribution < -0.4 is 20.4 Å². The first-order chi connectivity index (χ1) is 46.0. The second kappa shape index (κ2) is 66.1. The maximum atomic E-state index is 12.8. The van der Waals surface area contributed by atoms with Gasteiger partial charge in [0.2, 0.25) is 48.3 Å². The molecule has 0 amide bonds. The summed E-state index contributed by atoms with van der Waals surface area (Å²) >= 11 is 0. The molecule has 0 aliphatic carbocycles. The summed E-state index contributed by atoms with van der Waals surface area (Å²) in [5, 5.41) is 46.7. The topological polar surface area (TPSA) is 340 Å². The van der Waals surface area contributed by atoms with E-state index in [1.54, 1.807) is 27.7 Å². The second-order valence-electron chi connectivity index (χ2n) is 23.3. The number of rotatable bonds is 64. The van der Waals surface area contributed by atoms with Crippen molar-refractivity contribution in [3.05, 3.63) is 0 Å². The van der Waals surface area contributed by atoms with Gasteiger partial charge in [-0.25, -0.2) is 0 Å². The van der Waals surface area contributed by atoms with Crippen molar-refractivity contribution in [2.75, 3.05) is 79.3 Å². The number of hydrogen-bond donors (Lipinski definition) is 0. The Morgan fingerprint density at radius 1 is 0.227 bits per heavy atom. The Hall–Kier alpha value is -3.21. The summed E-state index contributed by atoms with van der Waals surface area (Å²) < 4.78 is 66.0. The molecule has 24 nitrogen and oxygen atoms in total. The van der Waals surface area contributed by atoms with E-state index in [1.807, 2.05) is 83.1 Å². The van der Waals surface area contributed by atoms with E-state index in [2.05, 4.69) is 0 Å². The van der Waals surface area contributed by atoms with Crippen LogP contribution in [0.3, 0.4) is 0 Å². The van der Waals surface area contributed by atoms with Gasteiger partial charge in [0, 0.05) is 26.4 Å². The first kappa shape index (κ1) is 102. The summed E-state index contributed by atoms with van der Waals surface area (Å²) in [5.41, 5.74) is -8.06. The van der Waals surface area contributed by atoms with E-state index in [-0.39, 0.29) is 73.8 Å². The SMILES string of the molecule is CCCCOC(OCCCC)C(=O)C(CC)(OCCCC)C(=O)[O-].CCCCOC(OCCCC)C(=O)C(CC)(OCCCC)C(=O)[O-].CCCCOC(OCCCC)C(=O)C(CC)(OCCCC)C(=O)[O-].CCCCOC(OCCCC)C(=O)C(CC)(OCCCC)C(=O)[O-].[Ti+4].